The lowest BCUT2D eigenvalue weighted by Crippen LogP contribution is -2.24. The van der Waals surface area contributed by atoms with Gasteiger partial charge in [0, 0.05) is 17.1 Å². The molecule has 0 aliphatic rings. The summed E-state index contributed by atoms with van der Waals surface area (Å²) in [5.41, 5.74) is 4.45. The van der Waals surface area contributed by atoms with Crippen LogP contribution in [-0.4, -0.2) is 21.4 Å². The highest BCUT2D eigenvalue weighted by Crippen LogP contribution is 2.23. The van der Waals surface area contributed by atoms with Gasteiger partial charge in [-0.15, -0.1) is 11.8 Å². The number of aryl methyl sites for hydroxylation is 2. The minimum Gasteiger partial charge on any atom is -0.351 e. The first-order valence-corrected chi connectivity index (χ1v) is 11.0. The van der Waals surface area contributed by atoms with Crippen LogP contribution in [0.1, 0.15) is 22.5 Å². The minimum absolute atomic E-state index is 0.0390. The number of amides is 1. The second kappa shape index (κ2) is 9.18. The van der Waals surface area contributed by atoms with Crippen LogP contribution in [0.3, 0.4) is 0 Å². The van der Waals surface area contributed by atoms with E-state index in [4.69, 9.17) is 0 Å². The molecule has 4 rings (SSSR count). The molecular weight excluding hydrogens is 390 g/mol. The lowest BCUT2D eigenvalue weighted by Gasteiger charge is -2.09. The molecule has 4 nitrogen and oxygen atoms in total. The summed E-state index contributed by atoms with van der Waals surface area (Å²) in [6.45, 7) is 5.34. The first-order chi connectivity index (χ1) is 14.6. The molecule has 1 amide bonds. The fraction of sp³-hybridized carbons (Fsp3) is 0.200. The van der Waals surface area contributed by atoms with Crippen LogP contribution >= 0.6 is 11.8 Å². The summed E-state index contributed by atoms with van der Waals surface area (Å²) in [6, 6.07) is 25.0. The second-order valence-electron chi connectivity index (χ2n) is 7.48. The van der Waals surface area contributed by atoms with Gasteiger partial charge in [-0.05, 0) is 53.9 Å². The van der Waals surface area contributed by atoms with Gasteiger partial charge in [0.05, 0.1) is 18.0 Å². The van der Waals surface area contributed by atoms with E-state index in [0.29, 0.717) is 12.3 Å². The predicted octanol–water partition coefficient (Wildman–Crippen LogP) is 5.11. The topological polar surface area (TPSA) is 46.9 Å². The van der Waals surface area contributed by atoms with E-state index in [0.717, 1.165) is 28.4 Å². The molecule has 0 radical (unpaired) electrons. The fourth-order valence-corrected chi connectivity index (χ4v) is 4.28. The first kappa shape index (κ1) is 20.2. The monoisotopic (exact) mass is 415 g/mol. The predicted molar refractivity (Wildman–Crippen MR) is 124 cm³/mol. The van der Waals surface area contributed by atoms with Crippen molar-refractivity contribution in [2.75, 3.05) is 5.75 Å². The molecule has 0 spiro atoms. The van der Waals surface area contributed by atoms with Crippen molar-refractivity contribution < 1.29 is 4.79 Å². The van der Waals surface area contributed by atoms with E-state index in [1.54, 1.807) is 11.8 Å². The molecule has 1 N–H and O–H groups in total. The number of hydrogen-bond acceptors (Lipinski definition) is 3. The van der Waals surface area contributed by atoms with Crippen LogP contribution in [0.25, 0.3) is 10.8 Å². The fourth-order valence-electron chi connectivity index (χ4n) is 3.50. The molecule has 0 aliphatic heterocycles. The third-order valence-corrected chi connectivity index (χ3v) is 6.00. The molecule has 0 saturated carbocycles. The van der Waals surface area contributed by atoms with E-state index in [-0.39, 0.29) is 5.91 Å². The summed E-state index contributed by atoms with van der Waals surface area (Å²) in [7, 11) is 0. The van der Waals surface area contributed by atoms with E-state index >= 15 is 0 Å². The Morgan fingerprint density at radius 3 is 2.53 bits per heavy atom. The molecule has 0 fully saturated rings. The van der Waals surface area contributed by atoms with Crippen LogP contribution in [0.15, 0.2) is 77.7 Å². The van der Waals surface area contributed by atoms with Crippen LogP contribution in [-0.2, 0) is 17.9 Å². The number of nitrogens with zero attached hydrogens (tertiary/aromatic N) is 2. The summed E-state index contributed by atoms with van der Waals surface area (Å²) in [5, 5.41) is 9.97. The Bertz CT molecular complexity index is 1180. The van der Waals surface area contributed by atoms with Crippen LogP contribution in [0.4, 0.5) is 0 Å². The van der Waals surface area contributed by atoms with Crippen molar-refractivity contribution in [1.82, 2.24) is 15.1 Å². The largest absolute Gasteiger partial charge is 0.351 e. The van der Waals surface area contributed by atoms with Crippen LogP contribution in [0, 0.1) is 13.8 Å². The van der Waals surface area contributed by atoms with Gasteiger partial charge in [-0.3, -0.25) is 9.48 Å². The third kappa shape index (κ3) is 5.10. The molecule has 0 saturated heterocycles. The molecule has 0 aliphatic carbocycles. The van der Waals surface area contributed by atoms with Gasteiger partial charge >= 0.3 is 0 Å². The number of benzene rings is 3. The van der Waals surface area contributed by atoms with Crippen molar-refractivity contribution in [3.63, 3.8) is 0 Å². The van der Waals surface area contributed by atoms with Gasteiger partial charge in [0.15, 0.2) is 0 Å². The molecule has 30 heavy (non-hydrogen) atoms. The molecule has 0 bridgehead atoms. The van der Waals surface area contributed by atoms with Gasteiger partial charge in [-0.2, -0.15) is 5.10 Å². The number of carbonyl (C=O) groups excluding carboxylic acids is 1. The molecule has 1 aromatic heterocycles. The van der Waals surface area contributed by atoms with Crippen LogP contribution in [0.2, 0.25) is 0 Å². The standard InChI is InChI=1S/C25H25N3OS/c1-18-12-19(2)28(27-18)16-21-7-5-6-20(13-21)15-26-25(29)17-30-24-11-10-22-8-3-4-9-23(22)14-24/h3-14H,15-17H2,1-2H3,(H,26,29). The Balaban J connectivity index is 1.30. The SMILES string of the molecule is Cc1cc(C)n(Cc2cccc(CNC(=O)CSc3ccc4ccccc4c3)c2)n1. The average Bonchev–Trinajstić information content (AvgIpc) is 3.07. The molecule has 1 heterocycles. The Morgan fingerprint density at radius 1 is 0.933 bits per heavy atom. The highest BCUT2D eigenvalue weighted by molar-refractivity contribution is 8.00. The summed E-state index contributed by atoms with van der Waals surface area (Å²) in [4.78, 5) is 13.4. The Hall–Kier alpha value is -3.05. The van der Waals surface area contributed by atoms with Gasteiger partial charge in [0.1, 0.15) is 0 Å². The number of thioether (sulfide) groups is 1. The van der Waals surface area contributed by atoms with Gasteiger partial charge in [-0.25, -0.2) is 0 Å². The van der Waals surface area contributed by atoms with E-state index in [9.17, 15) is 4.79 Å². The highest BCUT2D eigenvalue weighted by atomic mass is 32.2. The van der Waals surface area contributed by atoms with Crippen molar-refractivity contribution in [2.45, 2.75) is 31.8 Å². The third-order valence-electron chi connectivity index (χ3n) is 5.01. The molecule has 5 heteroatoms. The zero-order chi connectivity index (χ0) is 20.9. The van der Waals surface area contributed by atoms with Gasteiger partial charge < -0.3 is 5.32 Å². The van der Waals surface area contributed by atoms with Gasteiger partial charge in [0.25, 0.3) is 0 Å². The maximum Gasteiger partial charge on any atom is 0.230 e. The summed E-state index contributed by atoms with van der Waals surface area (Å²) in [5.74, 6) is 0.446. The number of fused-ring (bicyclic) bond motifs is 1. The molecule has 0 atom stereocenters. The number of nitrogens with one attached hydrogen (secondary N) is 1. The van der Waals surface area contributed by atoms with E-state index in [1.807, 2.05) is 35.9 Å². The van der Waals surface area contributed by atoms with Crippen molar-refractivity contribution in [3.8, 4) is 0 Å². The van der Waals surface area contributed by atoms with Crippen LogP contribution < -0.4 is 5.32 Å². The molecule has 4 aromatic rings. The molecular formula is C25H25N3OS. The molecule has 152 valence electrons. The Labute approximate surface area is 181 Å². The number of hydrogen-bond donors (Lipinski definition) is 1. The maximum atomic E-state index is 12.3. The van der Waals surface area contributed by atoms with Crippen molar-refractivity contribution >= 4 is 28.4 Å². The van der Waals surface area contributed by atoms with Crippen molar-refractivity contribution in [1.29, 1.82) is 0 Å². The van der Waals surface area contributed by atoms with Crippen LogP contribution in [0.5, 0.6) is 0 Å². The smallest absolute Gasteiger partial charge is 0.230 e. The summed E-state index contributed by atoms with van der Waals surface area (Å²) in [6.07, 6.45) is 0. The normalized spacial score (nSPS) is 11.0. The summed E-state index contributed by atoms with van der Waals surface area (Å²) >= 11 is 1.56. The average molecular weight is 416 g/mol. The zero-order valence-corrected chi connectivity index (χ0v) is 18.1. The number of carbonyl (C=O) groups is 1. The quantitative estimate of drug-likeness (QED) is 0.427. The van der Waals surface area contributed by atoms with Gasteiger partial charge in [0.2, 0.25) is 5.91 Å². The Morgan fingerprint density at radius 2 is 1.73 bits per heavy atom. The Kier molecular flexibility index (Phi) is 6.19. The summed E-state index contributed by atoms with van der Waals surface area (Å²) < 4.78 is 2.01. The van der Waals surface area contributed by atoms with E-state index in [2.05, 4.69) is 65.9 Å². The number of aromatic nitrogens is 2. The van der Waals surface area contributed by atoms with Crippen molar-refractivity contribution in [2.24, 2.45) is 0 Å². The highest BCUT2D eigenvalue weighted by Gasteiger charge is 2.06. The van der Waals surface area contributed by atoms with Gasteiger partial charge in [-0.1, -0.05) is 54.6 Å². The molecule has 3 aromatic carbocycles. The maximum absolute atomic E-state index is 12.3. The van der Waals surface area contributed by atoms with Crippen molar-refractivity contribution in [3.05, 3.63) is 95.3 Å². The lowest BCUT2D eigenvalue weighted by atomic mass is 10.1. The first-order valence-electron chi connectivity index (χ1n) is 10.0. The van der Waals surface area contributed by atoms with E-state index in [1.165, 1.54) is 16.3 Å². The number of rotatable bonds is 7. The molecule has 0 unspecified atom stereocenters. The zero-order valence-electron chi connectivity index (χ0n) is 17.3. The lowest BCUT2D eigenvalue weighted by molar-refractivity contribution is -0.118. The van der Waals surface area contributed by atoms with E-state index < -0.39 is 0 Å². The minimum atomic E-state index is 0.0390. The second-order valence-corrected chi connectivity index (χ2v) is 8.53.